The number of pyridine rings is 1. The lowest BCUT2D eigenvalue weighted by atomic mass is 9.88. The van der Waals surface area contributed by atoms with Gasteiger partial charge in [-0.3, -0.25) is 14.7 Å². The Balaban J connectivity index is 1.99. The van der Waals surface area contributed by atoms with E-state index in [1.54, 1.807) is 13.2 Å². The average Bonchev–Trinajstić information content (AvgIpc) is 2.63. The molecule has 0 bridgehead atoms. The van der Waals surface area contributed by atoms with E-state index < -0.39 is 0 Å². The van der Waals surface area contributed by atoms with Gasteiger partial charge in [0.05, 0.1) is 6.04 Å². The Bertz CT molecular complexity index is 515. The number of aryl methyl sites for hydroxylation is 1. The molecule has 0 radical (unpaired) electrons. The van der Waals surface area contributed by atoms with Crippen LogP contribution in [0.5, 0.6) is 0 Å². The van der Waals surface area contributed by atoms with E-state index >= 15 is 0 Å². The summed E-state index contributed by atoms with van der Waals surface area (Å²) in [6.45, 7) is 0.190. The van der Waals surface area contributed by atoms with Gasteiger partial charge in [0.1, 0.15) is 6.54 Å². The summed E-state index contributed by atoms with van der Waals surface area (Å²) >= 11 is 0. The summed E-state index contributed by atoms with van der Waals surface area (Å²) in [6.07, 6.45) is 6.39. The second-order valence-corrected chi connectivity index (χ2v) is 4.88. The summed E-state index contributed by atoms with van der Waals surface area (Å²) in [5, 5.41) is 0. The molecule has 0 aromatic carbocycles. The van der Waals surface area contributed by atoms with Gasteiger partial charge in [-0.05, 0) is 36.5 Å². The number of carbonyl (C=O) groups is 2. The van der Waals surface area contributed by atoms with Gasteiger partial charge in [0.2, 0.25) is 0 Å². The van der Waals surface area contributed by atoms with Gasteiger partial charge in [-0.25, -0.2) is 4.79 Å². The summed E-state index contributed by atoms with van der Waals surface area (Å²) in [4.78, 5) is 31.0. The van der Waals surface area contributed by atoms with Crippen LogP contribution in [0, 0.1) is 0 Å². The quantitative estimate of drug-likeness (QED) is 0.702. The number of urea groups is 1. The van der Waals surface area contributed by atoms with Crippen molar-refractivity contribution in [2.75, 3.05) is 13.6 Å². The lowest BCUT2D eigenvalue weighted by molar-refractivity contribution is -0.127. The van der Waals surface area contributed by atoms with Crippen molar-refractivity contribution in [3.05, 3.63) is 29.6 Å². The molecule has 3 rings (SSSR count). The Labute approximate surface area is 105 Å². The van der Waals surface area contributed by atoms with Gasteiger partial charge in [0.15, 0.2) is 0 Å². The zero-order chi connectivity index (χ0) is 12.7. The van der Waals surface area contributed by atoms with Crippen molar-refractivity contribution < 1.29 is 9.59 Å². The minimum atomic E-state index is -0.185. The van der Waals surface area contributed by atoms with Crippen molar-refractivity contribution in [3.8, 4) is 0 Å². The van der Waals surface area contributed by atoms with Crippen LogP contribution in [0.4, 0.5) is 4.79 Å². The van der Waals surface area contributed by atoms with Crippen molar-refractivity contribution in [2.24, 2.45) is 0 Å². The van der Waals surface area contributed by atoms with Crippen LogP contribution < -0.4 is 0 Å². The number of hydrogen-bond acceptors (Lipinski definition) is 3. The average molecular weight is 245 g/mol. The zero-order valence-corrected chi connectivity index (χ0v) is 10.3. The van der Waals surface area contributed by atoms with E-state index in [0.717, 1.165) is 30.4 Å². The summed E-state index contributed by atoms with van der Waals surface area (Å²) in [7, 11) is 1.66. The SMILES string of the molecule is CN1CC(=O)N(C2CCCc3cnccc32)C1=O. The van der Waals surface area contributed by atoms with Crippen molar-refractivity contribution in [1.82, 2.24) is 14.8 Å². The molecule has 1 aliphatic carbocycles. The normalized spacial score (nSPS) is 23.5. The number of imide groups is 1. The highest BCUT2D eigenvalue weighted by molar-refractivity contribution is 6.02. The first-order chi connectivity index (χ1) is 8.68. The van der Waals surface area contributed by atoms with Gasteiger partial charge in [-0.2, -0.15) is 0 Å². The number of likely N-dealkylation sites (N-methyl/N-ethyl adjacent to an activating group) is 1. The zero-order valence-electron chi connectivity index (χ0n) is 10.3. The summed E-state index contributed by atoms with van der Waals surface area (Å²) in [5.74, 6) is -0.0998. The lowest BCUT2D eigenvalue weighted by Crippen LogP contribution is -2.37. The Morgan fingerprint density at radius 2 is 2.22 bits per heavy atom. The van der Waals surface area contributed by atoms with E-state index in [9.17, 15) is 9.59 Å². The molecule has 0 spiro atoms. The van der Waals surface area contributed by atoms with Crippen molar-refractivity contribution >= 4 is 11.9 Å². The van der Waals surface area contributed by atoms with Gasteiger partial charge in [0.25, 0.3) is 5.91 Å². The number of amides is 3. The number of fused-ring (bicyclic) bond motifs is 1. The minimum absolute atomic E-state index is 0.0998. The lowest BCUT2D eigenvalue weighted by Gasteiger charge is -2.31. The maximum absolute atomic E-state index is 12.0. The third kappa shape index (κ3) is 1.58. The molecule has 1 aromatic rings. The van der Waals surface area contributed by atoms with Crippen LogP contribution in [0.15, 0.2) is 18.5 Å². The van der Waals surface area contributed by atoms with Crippen LogP contribution in [0.25, 0.3) is 0 Å². The second kappa shape index (κ2) is 4.08. The molecule has 0 saturated carbocycles. The molecular weight excluding hydrogens is 230 g/mol. The molecule has 1 saturated heterocycles. The van der Waals surface area contributed by atoms with Crippen LogP contribution in [-0.4, -0.2) is 40.3 Å². The van der Waals surface area contributed by atoms with E-state index in [1.807, 2.05) is 12.3 Å². The van der Waals surface area contributed by atoms with Crippen LogP contribution >= 0.6 is 0 Å². The molecule has 2 heterocycles. The Morgan fingerprint density at radius 1 is 1.39 bits per heavy atom. The van der Waals surface area contributed by atoms with E-state index in [1.165, 1.54) is 9.80 Å². The molecule has 18 heavy (non-hydrogen) atoms. The molecule has 94 valence electrons. The van der Waals surface area contributed by atoms with Crippen LogP contribution in [0.2, 0.25) is 0 Å². The predicted octanol–water partition coefficient (Wildman–Crippen LogP) is 1.35. The van der Waals surface area contributed by atoms with Gasteiger partial charge in [-0.15, -0.1) is 0 Å². The number of nitrogens with zero attached hydrogens (tertiary/aromatic N) is 3. The predicted molar refractivity (Wildman–Crippen MR) is 64.8 cm³/mol. The van der Waals surface area contributed by atoms with E-state index in [4.69, 9.17) is 0 Å². The van der Waals surface area contributed by atoms with Crippen molar-refractivity contribution in [2.45, 2.75) is 25.3 Å². The molecule has 2 aliphatic rings. The summed E-state index contributed by atoms with van der Waals surface area (Å²) in [5.41, 5.74) is 2.23. The fourth-order valence-electron chi connectivity index (χ4n) is 2.83. The van der Waals surface area contributed by atoms with Crippen molar-refractivity contribution in [1.29, 1.82) is 0 Å². The van der Waals surface area contributed by atoms with Gasteiger partial charge >= 0.3 is 6.03 Å². The second-order valence-electron chi connectivity index (χ2n) is 4.88. The molecule has 1 unspecified atom stereocenters. The van der Waals surface area contributed by atoms with Crippen molar-refractivity contribution in [3.63, 3.8) is 0 Å². The van der Waals surface area contributed by atoms with Crippen LogP contribution in [0.1, 0.15) is 30.0 Å². The molecule has 1 atom stereocenters. The molecule has 3 amide bonds. The summed E-state index contributed by atoms with van der Waals surface area (Å²) in [6, 6.07) is 1.63. The number of hydrogen-bond donors (Lipinski definition) is 0. The monoisotopic (exact) mass is 245 g/mol. The maximum atomic E-state index is 12.0. The third-order valence-corrected chi connectivity index (χ3v) is 3.71. The molecule has 5 heteroatoms. The van der Waals surface area contributed by atoms with Gasteiger partial charge in [0, 0.05) is 19.4 Å². The van der Waals surface area contributed by atoms with E-state index in [2.05, 4.69) is 4.98 Å². The Morgan fingerprint density at radius 3 is 2.94 bits per heavy atom. The van der Waals surface area contributed by atoms with Gasteiger partial charge < -0.3 is 4.90 Å². The van der Waals surface area contributed by atoms with E-state index in [-0.39, 0.29) is 24.5 Å². The van der Waals surface area contributed by atoms with Gasteiger partial charge in [-0.1, -0.05) is 0 Å². The number of aromatic nitrogens is 1. The third-order valence-electron chi connectivity index (χ3n) is 3.71. The smallest absolute Gasteiger partial charge is 0.318 e. The molecule has 1 aliphatic heterocycles. The standard InChI is InChI=1S/C13H15N3O2/c1-15-8-12(17)16(13(15)18)11-4-2-3-9-7-14-6-5-10(9)11/h5-7,11H,2-4,8H2,1H3. The van der Waals surface area contributed by atoms with Crippen LogP contribution in [0.3, 0.4) is 0 Å². The summed E-state index contributed by atoms with van der Waals surface area (Å²) < 4.78 is 0. The molecule has 0 N–H and O–H groups in total. The first-order valence-corrected chi connectivity index (χ1v) is 6.18. The molecular formula is C13H15N3O2. The topological polar surface area (TPSA) is 53.5 Å². The Hall–Kier alpha value is -1.91. The molecule has 5 nitrogen and oxygen atoms in total. The van der Waals surface area contributed by atoms with Crippen LogP contribution in [-0.2, 0) is 11.2 Å². The maximum Gasteiger partial charge on any atom is 0.327 e. The minimum Gasteiger partial charge on any atom is -0.318 e. The highest BCUT2D eigenvalue weighted by Gasteiger charge is 2.40. The fraction of sp³-hybridized carbons (Fsp3) is 0.462. The highest BCUT2D eigenvalue weighted by Crippen LogP contribution is 2.35. The van der Waals surface area contributed by atoms with E-state index in [0.29, 0.717) is 0 Å². The molecule has 1 aromatic heterocycles. The molecule has 1 fully saturated rings. The number of rotatable bonds is 1. The fourth-order valence-corrected chi connectivity index (χ4v) is 2.83. The first-order valence-electron chi connectivity index (χ1n) is 6.18. The first kappa shape index (κ1) is 11.2. The number of carbonyl (C=O) groups excluding carboxylic acids is 2. The highest BCUT2D eigenvalue weighted by atomic mass is 16.2. The largest absolute Gasteiger partial charge is 0.327 e. The Kier molecular flexibility index (Phi) is 2.54.